The van der Waals surface area contributed by atoms with E-state index in [4.69, 9.17) is 21.1 Å². The number of nitrogens with zero attached hydrogens (tertiary/aromatic N) is 3. The van der Waals surface area contributed by atoms with E-state index in [2.05, 4.69) is 27.2 Å². The highest BCUT2D eigenvalue weighted by Crippen LogP contribution is 2.20. The molecule has 0 aliphatic heterocycles. The standard InChI is InChI=1S/C14H17ClN4O2/c1-3-9-21-11-7-5-10(6-8-11)16-13-17-12(15)18-14(19-13)20-4-2/h5-8H,3-4,9H2,1-2H3,(H,16,17,18,19). The van der Waals surface area contributed by atoms with Crippen LogP contribution >= 0.6 is 11.6 Å². The predicted molar refractivity (Wildman–Crippen MR) is 81.5 cm³/mol. The van der Waals surface area contributed by atoms with Crippen LogP contribution in [0.3, 0.4) is 0 Å². The van der Waals surface area contributed by atoms with Crippen molar-refractivity contribution in [3.05, 3.63) is 29.5 Å². The van der Waals surface area contributed by atoms with Crippen LogP contribution in [0.5, 0.6) is 11.8 Å². The molecule has 1 N–H and O–H groups in total. The van der Waals surface area contributed by atoms with Gasteiger partial charge in [0.05, 0.1) is 13.2 Å². The first-order chi connectivity index (χ1) is 10.2. The smallest absolute Gasteiger partial charge is 0.322 e. The Kier molecular flexibility index (Phi) is 5.57. The molecule has 7 heteroatoms. The number of halogens is 1. The zero-order valence-electron chi connectivity index (χ0n) is 12.0. The van der Waals surface area contributed by atoms with Gasteiger partial charge in [-0.05, 0) is 49.2 Å². The highest BCUT2D eigenvalue weighted by molar-refractivity contribution is 6.28. The second-order valence-electron chi connectivity index (χ2n) is 4.14. The van der Waals surface area contributed by atoms with E-state index < -0.39 is 0 Å². The second-order valence-corrected chi connectivity index (χ2v) is 4.48. The van der Waals surface area contributed by atoms with E-state index in [-0.39, 0.29) is 11.3 Å². The average molecular weight is 309 g/mol. The average Bonchev–Trinajstić information content (AvgIpc) is 2.46. The molecule has 0 aliphatic carbocycles. The zero-order valence-corrected chi connectivity index (χ0v) is 12.7. The molecule has 1 aromatic heterocycles. The van der Waals surface area contributed by atoms with Crippen molar-refractivity contribution >= 4 is 23.2 Å². The number of benzene rings is 1. The third-order valence-corrected chi connectivity index (χ3v) is 2.61. The first kappa shape index (κ1) is 15.3. The molecule has 0 atom stereocenters. The minimum absolute atomic E-state index is 0.0823. The SMILES string of the molecule is CCCOc1ccc(Nc2nc(Cl)nc(OCC)n2)cc1. The van der Waals surface area contributed by atoms with Gasteiger partial charge in [0.1, 0.15) is 5.75 Å². The maximum atomic E-state index is 5.83. The number of hydrogen-bond acceptors (Lipinski definition) is 6. The Morgan fingerprint density at radius 2 is 1.81 bits per heavy atom. The fraction of sp³-hybridized carbons (Fsp3) is 0.357. The first-order valence-corrected chi connectivity index (χ1v) is 7.13. The van der Waals surface area contributed by atoms with Crippen molar-refractivity contribution in [1.82, 2.24) is 15.0 Å². The van der Waals surface area contributed by atoms with Crippen molar-refractivity contribution in [1.29, 1.82) is 0 Å². The van der Waals surface area contributed by atoms with Crippen LogP contribution in [-0.4, -0.2) is 28.2 Å². The highest BCUT2D eigenvalue weighted by Gasteiger charge is 2.06. The Morgan fingerprint density at radius 3 is 2.48 bits per heavy atom. The molecule has 0 fully saturated rings. The Hall–Kier alpha value is -2.08. The summed E-state index contributed by atoms with van der Waals surface area (Å²) in [6.07, 6.45) is 0.976. The predicted octanol–water partition coefficient (Wildman–Crippen LogP) is 3.46. The molecule has 1 aromatic carbocycles. The molecule has 6 nitrogen and oxygen atoms in total. The van der Waals surface area contributed by atoms with E-state index in [1.807, 2.05) is 31.2 Å². The van der Waals surface area contributed by atoms with Gasteiger partial charge in [0.25, 0.3) is 0 Å². The number of anilines is 2. The molecule has 0 amide bonds. The number of rotatable bonds is 7. The molecule has 0 unspecified atom stereocenters. The molecular weight excluding hydrogens is 292 g/mol. The maximum Gasteiger partial charge on any atom is 0.322 e. The van der Waals surface area contributed by atoms with E-state index in [1.54, 1.807) is 0 Å². The zero-order chi connectivity index (χ0) is 15.1. The monoisotopic (exact) mass is 308 g/mol. The van der Waals surface area contributed by atoms with Gasteiger partial charge in [-0.15, -0.1) is 0 Å². The van der Waals surface area contributed by atoms with Gasteiger partial charge in [-0.2, -0.15) is 15.0 Å². The highest BCUT2D eigenvalue weighted by atomic mass is 35.5. The third-order valence-electron chi connectivity index (χ3n) is 2.44. The Labute approximate surface area is 128 Å². The van der Waals surface area contributed by atoms with Crippen LogP contribution in [-0.2, 0) is 0 Å². The molecule has 2 rings (SSSR count). The minimum Gasteiger partial charge on any atom is -0.494 e. The number of aromatic nitrogens is 3. The van der Waals surface area contributed by atoms with Crippen LogP contribution in [0.2, 0.25) is 5.28 Å². The summed E-state index contributed by atoms with van der Waals surface area (Å²) in [6.45, 7) is 5.08. The van der Waals surface area contributed by atoms with E-state index in [1.165, 1.54) is 0 Å². The summed E-state index contributed by atoms with van der Waals surface area (Å²) in [5.74, 6) is 1.16. The van der Waals surface area contributed by atoms with Crippen molar-refractivity contribution in [2.24, 2.45) is 0 Å². The number of nitrogens with one attached hydrogen (secondary N) is 1. The lowest BCUT2D eigenvalue weighted by atomic mass is 10.3. The summed E-state index contributed by atoms with van der Waals surface area (Å²) >= 11 is 5.83. The van der Waals surface area contributed by atoms with Crippen LogP contribution in [0.15, 0.2) is 24.3 Å². The van der Waals surface area contributed by atoms with Gasteiger partial charge < -0.3 is 14.8 Å². The maximum absolute atomic E-state index is 5.83. The summed E-state index contributed by atoms with van der Waals surface area (Å²) in [4.78, 5) is 12.0. The molecule has 2 aromatic rings. The van der Waals surface area contributed by atoms with Crippen LogP contribution < -0.4 is 14.8 Å². The van der Waals surface area contributed by atoms with Crippen molar-refractivity contribution in [3.8, 4) is 11.8 Å². The lowest BCUT2D eigenvalue weighted by Crippen LogP contribution is -2.03. The molecule has 0 saturated carbocycles. The molecule has 0 spiro atoms. The Morgan fingerprint density at radius 1 is 1.05 bits per heavy atom. The van der Waals surface area contributed by atoms with Gasteiger partial charge in [-0.25, -0.2) is 0 Å². The van der Waals surface area contributed by atoms with Gasteiger partial charge in [-0.1, -0.05) is 6.92 Å². The van der Waals surface area contributed by atoms with Crippen molar-refractivity contribution in [2.75, 3.05) is 18.5 Å². The third kappa shape index (κ3) is 4.75. The largest absolute Gasteiger partial charge is 0.494 e. The lowest BCUT2D eigenvalue weighted by molar-refractivity contribution is 0.312. The summed E-state index contributed by atoms with van der Waals surface area (Å²) in [7, 11) is 0. The fourth-order valence-corrected chi connectivity index (χ4v) is 1.72. The quantitative estimate of drug-likeness (QED) is 0.844. The molecule has 1 heterocycles. The molecule has 0 radical (unpaired) electrons. The Balaban J connectivity index is 2.07. The summed E-state index contributed by atoms with van der Waals surface area (Å²) in [5.41, 5.74) is 0.823. The van der Waals surface area contributed by atoms with Gasteiger partial charge in [0.2, 0.25) is 11.2 Å². The summed E-state index contributed by atoms with van der Waals surface area (Å²) in [6, 6.07) is 7.71. The van der Waals surface area contributed by atoms with Crippen LogP contribution in [0.25, 0.3) is 0 Å². The molecular formula is C14H17ClN4O2. The normalized spacial score (nSPS) is 10.2. The van der Waals surface area contributed by atoms with E-state index >= 15 is 0 Å². The van der Waals surface area contributed by atoms with Gasteiger partial charge >= 0.3 is 6.01 Å². The Bertz CT molecular complexity index is 578. The minimum atomic E-state index is 0.0823. The molecule has 21 heavy (non-hydrogen) atoms. The summed E-state index contributed by atoms with van der Waals surface area (Å²) < 4.78 is 10.7. The van der Waals surface area contributed by atoms with Gasteiger partial charge in [-0.3, -0.25) is 0 Å². The van der Waals surface area contributed by atoms with E-state index in [0.29, 0.717) is 19.2 Å². The summed E-state index contributed by atoms with van der Waals surface area (Å²) in [5, 5.41) is 3.13. The van der Waals surface area contributed by atoms with Crippen molar-refractivity contribution in [2.45, 2.75) is 20.3 Å². The second kappa shape index (κ2) is 7.64. The van der Waals surface area contributed by atoms with Gasteiger partial charge in [0, 0.05) is 5.69 Å². The number of hydrogen-bond donors (Lipinski definition) is 1. The number of ether oxygens (including phenoxy) is 2. The molecule has 0 bridgehead atoms. The topological polar surface area (TPSA) is 69.2 Å². The van der Waals surface area contributed by atoms with Crippen molar-refractivity contribution < 1.29 is 9.47 Å². The lowest BCUT2D eigenvalue weighted by Gasteiger charge is -2.08. The molecule has 0 saturated heterocycles. The van der Waals surface area contributed by atoms with E-state index in [9.17, 15) is 0 Å². The van der Waals surface area contributed by atoms with Crippen LogP contribution in [0.4, 0.5) is 11.6 Å². The molecule has 0 aliphatic rings. The molecule has 112 valence electrons. The van der Waals surface area contributed by atoms with Crippen molar-refractivity contribution in [3.63, 3.8) is 0 Å². The van der Waals surface area contributed by atoms with Gasteiger partial charge in [0.15, 0.2) is 0 Å². The van der Waals surface area contributed by atoms with Crippen LogP contribution in [0, 0.1) is 0 Å². The van der Waals surface area contributed by atoms with E-state index in [0.717, 1.165) is 17.9 Å². The van der Waals surface area contributed by atoms with Crippen LogP contribution in [0.1, 0.15) is 20.3 Å². The first-order valence-electron chi connectivity index (χ1n) is 6.75. The fourth-order valence-electron chi connectivity index (χ4n) is 1.56.